The topological polar surface area (TPSA) is 18.5 Å². The summed E-state index contributed by atoms with van der Waals surface area (Å²) in [5, 5.41) is 0. The standard InChI is InChI=1S/C17H16O2/c1-18-17-11-9-15(10-12-17)8-5-13-19-14-16-6-3-2-4-7-16/h2-4,6-7,9-12H,13-14H2,1H3. The third-order valence-electron chi connectivity index (χ3n) is 2.61. The molecule has 0 N–H and O–H groups in total. The molecule has 0 amide bonds. The van der Waals surface area contributed by atoms with E-state index in [1.165, 1.54) is 0 Å². The van der Waals surface area contributed by atoms with E-state index in [9.17, 15) is 0 Å². The zero-order valence-corrected chi connectivity index (χ0v) is 10.9. The van der Waals surface area contributed by atoms with Crippen molar-refractivity contribution >= 4 is 0 Å². The maximum Gasteiger partial charge on any atom is 0.118 e. The van der Waals surface area contributed by atoms with Crippen LogP contribution in [0.1, 0.15) is 11.1 Å². The molecule has 0 aliphatic carbocycles. The lowest BCUT2D eigenvalue weighted by molar-refractivity contribution is 0.153. The summed E-state index contributed by atoms with van der Waals surface area (Å²) in [6, 6.07) is 17.7. The van der Waals surface area contributed by atoms with E-state index in [0.717, 1.165) is 16.9 Å². The first kappa shape index (κ1) is 13.2. The molecule has 2 rings (SSSR count). The van der Waals surface area contributed by atoms with Crippen molar-refractivity contribution in [2.75, 3.05) is 13.7 Å². The fourth-order valence-corrected chi connectivity index (χ4v) is 1.61. The second kappa shape index (κ2) is 7.25. The Kier molecular flexibility index (Phi) is 5.04. The van der Waals surface area contributed by atoms with Gasteiger partial charge in [-0.3, -0.25) is 0 Å². The summed E-state index contributed by atoms with van der Waals surface area (Å²) in [6.45, 7) is 1.03. The number of hydrogen-bond donors (Lipinski definition) is 0. The first-order valence-corrected chi connectivity index (χ1v) is 6.13. The molecule has 2 aromatic rings. The Hall–Kier alpha value is -2.24. The van der Waals surface area contributed by atoms with Crippen molar-refractivity contribution in [2.45, 2.75) is 6.61 Å². The number of hydrogen-bond acceptors (Lipinski definition) is 2. The van der Waals surface area contributed by atoms with Gasteiger partial charge in [-0.1, -0.05) is 42.2 Å². The molecule has 0 spiro atoms. The van der Waals surface area contributed by atoms with Gasteiger partial charge in [0.1, 0.15) is 12.4 Å². The predicted molar refractivity (Wildman–Crippen MR) is 76.0 cm³/mol. The van der Waals surface area contributed by atoms with E-state index in [-0.39, 0.29) is 0 Å². The minimum Gasteiger partial charge on any atom is -0.497 e. The Morgan fingerprint density at radius 1 is 0.947 bits per heavy atom. The Bertz CT molecular complexity index is 547. The molecule has 0 saturated carbocycles. The quantitative estimate of drug-likeness (QED) is 0.614. The Balaban J connectivity index is 1.78. The van der Waals surface area contributed by atoms with E-state index in [4.69, 9.17) is 9.47 Å². The molecule has 0 bridgehead atoms. The van der Waals surface area contributed by atoms with E-state index in [0.29, 0.717) is 13.2 Å². The average Bonchev–Trinajstić information content (AvgIpc) is 2.49. The van der Waals surface area contributed by atoms with Gasteiger partial charge in [-0.2, -0.15) is 0 Å². The first-order valence-electron chi connectivity index (χ1n) is 6.13. The van der Waals surface area contributed by atoms with Crippen molar-refractivity contribution in [1.82, 2.24) is 0 Å². The van der Waals surface area contributed by atoms with E-state index in [2.05, 4.69) is 11.8 Å². The highest BCUT2D eigenvalue weighted by Gasteiger charge is 1.91. The van der Waals surface area contributed by atoms with Crippen molar-refractivity contribution in [3.63, 3.8) is 0 Å². The van der Waals surface area contributed by atoms with Crippen LogP contribution in [0, 0.1) is 11.8 Å². The van der Waals surface area contributed by atoms with Crippen molar-refractivity contribution < 1.29 is 9.47 Å². The summed E-state index contributed by atoms with van der Waals surface area (Å²) in [5.41, 5.74) is 2.12. The fraction of sp³-hybridized carbons (Fsp3) is 0.176. The van der Waals surface area contributed by atoms with Crippen LogP contribution in [-0.4, -0.2) is 13.7 Å². The second-order valence-corrected chi connectivity index (χ2v) is 4.01. The summed E-state index contributed by atoms with van der Waals surface area (Å²) in [5.74, 6) is 6.89. The van der Waals surface area contributed by atoms with Crippen molar-refractivity contribution in [1.29, 1.82) is 0 Å². The Labute approximate surface area is 114 Å². The molecule has 0 heterocycles. The molecule has 0 aromatic heterocycles. The van der Waals surface area contributed by atoms with Gasteiger partial charge in [-0.25, -0.2) is 0 Å². The van der Waals surface area contributed by atoms with Gasteiger partial charge in [-0.15, -0.1) is 0 Å². The largest absolute Gasteiger partial charge is 0.497 e. The summed E-state index contributed by atoms with van der Waals surface area (Å²) >= 11 is 0. The molecular formula is C17H16O2. The lowest BCUT2D eigenvalue weighted by Gasteiger charge is -1.99. The molecule has 0 unspecified atom stereocenters. The van der Waals surface area contributed by atoms with E-state index >= 15 is 0 Å². The van der Waals surface area contributed by atoms with Gasteiger partial charge >= 0.3 is 0 Å². The van der Waals surface area contributed by atoms with Crippen LogP contribution in [-0.2, 0) is 11.3 Å². The lowest BCUT2D eigenvalue weighted by Crippen LogP contribution is -1.92. The van der Waals surface area contributed by atoms with Crippen LogP contribution in [0.2, 0.25) is 0 Å². The minimum atomic E-state index is 0.431. The zero-order chi connectivity index (χ0) is 13.3. The third kappa shape index (κ3) is 4.50. The average molecular weight is 252 g/mol. The number of ether oxygens (including phenoxy) is 2. The highest BCUT2D eigenvalue weighted by Crippen LogP contribution is 2.10. The van der Waals surface area contributed by atoms with Crippen LogP contribution < -0.4 is 4.74 Å². The maximum atomic E-state index is 5.49. The van der Waals surface area contributed by atoms with Crippen LogP contribution in [0.15, 0.2) is 54.6 Å². The monoisotopic (exact) mass is 252 g/mol. The predicted octanol–water partition coefficient (Wildman–Crippen LogP) is 3.26. The van der Waals surface area contributed by atoms with Crippen molar-refractivity contribution in [2.24, 2.45) is 0 Å². The summed E-state index contributed by atoms with van der Waals surface area (Å²) in [4.78, 5) is 0. The van der Waals surface area contributed by atoms with Crippen molar-refractivity contribution in [3.8, 4) is 17.6 Å². The number of methoxy groups -OCH3 is 1. The van der Waals surface area contributed by atoms with E-state index < -0.39 is 0 Å². The molecule has 0 fully saturated rings. The van der Waals surface area contributed by atoms with Gasteiger partial charge in [0, 0.05) is 5.56 Å². The summed E-state index contributed by atoms with van der Waals surface area (Å²) < 4.78 is 10.6. The number of benzene rings is 2. The summed E-state index contributed by atoms with van der Waals surface area (Å²) in [7, 11) is 1.65. The molecule has 0 saturated heterocycles. The Morgan fingerprint density at radius 2 is 1.68 bits per heavy atom. The van der Waals surface area contributed by atoms with Gasteiger partial charge in [0.15, 0.2) is 0 Å². The molecule has 0 atom stereocenters. The molecule has 2 heteroatoms. The lowest BCUT2D eigenvalue weighted by atomic mass is 10.2. The molecule has 19 heavy (non-hydrogen) atoms. The minimum absolute atomic E-state index is 0.431. The van der Waals surface area contributed by atoms with Gasteiger partial charge in [-0.05, 0) is 29.8 Å². The molecule has 96 valence electrons. The zero-order valence-electron chi connectivity index (χ0n) is 10.9. The number of rotatable bonds is 4. The highest BCUT2D eigenvalue weighted by molar-refractivity contribution is 5.38. The van der Waals surface area contributed by atoms with E-state index in [1.807, 2.05) is 54.6 Å². The van der Waals surface area contributed by atoms with Crippen LogP contribution in [0.25, 0.3) is 0 Å². The normalized spacial score (nSPS) is 9.53. The molecule has 0 aliphatic rings. The van der Waals surface area contributed by atoms with Gasteiger partial charge in [0.05, 0.1) is 13.7 Å². The van der Waals surface area contributed by atoms with Crippen LogP contribution in [0.3, 0.4) is 0 Å². The molecule has 0 radical (unpaired) electrons. The van der Waals surface area contributed by atoms with Crippen LogP contribution in [0.5, 0.6) is 5.75 Å². The molecule has 0 aliphatic heterocycles. The van der Waals surface area contributed by atoms with Gasteiger partial charge in [0.2, 0.25) is 0 Å². The van der Waals surface area contributed by atoms with Gasteiger partial charge in [0.25, 0.3) is 0 Å². The first-order chi connectivity index (χ1) is 9.38. The molecular weight excluding hydrogens is 236 g/mol. The van der Waals surface area contributed by atoms with Crippen molar-refractivity contribution in [3.05, 3.63) is 65.7 Å². The second-order valence-electron chi connectivity index (χ2n) is 4.01. The third-order valence-corrected chi connectivity index (χ3v) is 2.61. The van der Waals surface area contributed by atoms with Crippen LogP contribution in [0.4, 0.5) is 0 Å². The maximum absolute atomic E-state index is 5.49. The van der Waals surface area contributed by atoms with Gasteiger partial charge < -0.3 is 9.47 Å². The molecule has 2 nitrogen and oxygen atoms in total. The Morgan fingerprint density at radius 3 is 2.37 bits per heavy atom. The van der Waals surface area contributed by atoms with E-state index in [1.54, 1.807) is 7.11 Å². The summed E-state index contributed by atoms with van der Waals surface area (Å²) in [6.07, 6.45) is 0. The fourth-order valence-electron chi connectivity index (χ4n) is 1.61. The van der Waals surface area contributed by atoms with Crippen LogP contribution >= 0.6 is 0 Å². The highest BCUT2D eigenvalue weighted by atomic mass is 16.5. The SMILES string of the molecule is COc1ccc(C#CCOCc2ccccc2)cc1. The smallest absolute Gasteiger partial charge is 0.118 e. The molecule has 2 aromatic carbocycles.